The van der Waals surface area contributed by atoms with Crippen molar-refractivity contribution in [3.63, 3.8) is 0 Å². The van der Waals surface area contributed by atoms with Crippen molar-refractivity contribution in [2.75, 3.05) is 6.26 Å². The summed E-state index contributed by atoms with van der Waals surface area (Å²) in [6, 6.07) is 1.90. The molecule has 0 amide bonds. The van der Waals surface area contributed by atoms with E-state index in [1.54, 1.807) is 17.8 Å². The molecule has 2 heterocycles. The maximum absolute atomic E-state index is 11.8. The third kappa shape index (κ3) is 1.77. The minimum absolute atomic E-state index is 0.0433. The fourth-order valence-corrected chi connectivity index (χ4v) is 3.21. The van der Waals surface area contributed by atoms with Crippen molar-refractivity contribution in [2.24, 2.45) is 7.05 Å². The van der Waals surface area contributed by atoms with Gasteiger partial charge in [0.2, 0.25) is 15.0 Å². The maximum atomic E-state index is 11.8. The molecule has 3 aromatic rings. The normalized spacial score (nSPS) is 12.4. The molecule has 0 aliphatic rings. The van der Waals surface area contributed by atoms with Gasteiger partial charge in [-0.15, -0.1) is 0 Å². The highest BCUT2D eigenvalue weighted by atomic mass is 32.2. The van der Waals surface area contributed by atoms with E-state index in [2.05, 4.69) is 15.0 Å². The van der Waals surface area contributed by atoms with E-state index in [-0.39, 0.29) is 5.16 Å². The van der Waals surface area contributed by atoms with Crippen LogP contribution in [0.2, 0.25) is 0 Å². The summed E-state index contributed by atoms with van der Waals surface area (Å²) in [5, 5.41) is 0.0433. The van der Waals surface area contributed by atoms with Gasteiger partial charge in [-0.2, -0.15) is 0 Å². The molecule has 0 N–H and O–H groups in total. The van der Waals surface area contributed by atoms with Crippen LogP contribution in [-0.2, 0) is 16.9 Å². The summed E-state index contributed by atoms with van der Waals surface area (Å²) in [5.74, 6) is 0. The second-order valence-corrected chi connectivity index (χ2v) is 6.90. The molecule has 0 unspecified atom stereocenters. The van der Waals surface area contributed by atoms with E-state index in [4.69, 9.17) is 0 Å². The summed E-state index contributed by atoms with van der Waals surface area (Å²) in [6.45, 7) is 3.81. The quantitative estimate of drug-likeness (QED) is 0.679. The number of aromatic nitrogens is 4. The standard InChI is InChI=1S/C13H14N4O2S/c1-7-5-9-11(12-10(7)15-8(2)6-14-12)16-13(17(9)3)20(4,18)19/h5-6H,1-4H3. The molecule has 0 aliphatic heterocycles. The molecule has 3 rings (SSSR count). The first-order valence-corrected chi connectivity index (χ1v) is 7.97. The number of rotatable bonds is 1. The van der Waals surface area contributed by atoms with Gasteiger partial charge in [-0.25, -0.2) is 18.4 Å². The molecule has 0 aliphatic carbocycles. The number of hydrogen-bond donors (Lipinski definition) is 0. The SMILES string of the molecule is Cc1cnc2c(n1)c(C)cc1c2nc(S(C)(=O)=O)n1C. The van der Waals surface area contributed by atoms with Crippen LogP contribution in [0.4, 0.5) is 0 Å². The van der Waals surface area contributed by atoms with Gasteiger partial charge < -0.3 is 4.57 Å². The lowest BCUT2D eigenvalue weighted by Gasteiger charge is -2.04. The van der Waals surface area contributed by atoms with Gasteiger partial charge in [0.05, 0.1) is 16.7 Å². The maximum Gasteiger partial charge on any atom is 0.228 e. The van der Waals surface area contributed by atoms with Crippen LogP contribution < -0.4 is 0 Å². The van der Waals surface area contributed by atoms with Crippen LogP contribution >= 0.6 is 0 Å². The molecular formula is C13H14N4O2S. The Hall–Kier alpha value is -2.02. The Kier molecular flexibility index (Phi) is 2.59. The molecule has 0 atom stereocenters. The van der Waals surface area contributed by atoms with Gasteiger partial charge >= 0.3 is 0 Å². The summed E-state index contributed by atoms with van der Waals surface area (Å²) in [4.78, 5) is 13.1. The first-order chi connectivity index (χ1) is 9.29. The van der Waals surface area contributed by atoms with E-state index in [0.717, 1.165) is 28.5 Å². The zero-order valence-electron chi connectivity index (χ0n) is 11.7. The van der Waals surface area contributed by atoms with Gasteiger partial charge in [-0.05, 0) is 25.5 Å². The molecule has 7 heteroatoms. The second kappa shape index (κ2) is 3.99. The van der Waals surface area contributed by atoms with Crippen molar-refractivity contribution in [3.05, 3.63) is 23.5 Å². The van der Waals surface area contributed by atoms with Gasteiger partial charge in [-0.1, -0.05) is 0 Å². The number of fused-ring (bicyclic) bond motifs is 3. The van der Waals surface area contributed by atoms with E-state index < -0.39 is 9.84 Å². The Balaban J connectivity index is 2.56. The summed E-state index contributed by atoms with van der Waals surface area (Å²) in [5.41, 5.74) is 4.48. The molecule has 1 aromatic carbocycles. The monoisotopic (exact) mass is 290 g/mol. The molecule has 104 valence electrons. The van der Waals surface area contributed by atoms with Crippen LogP contribution in [0.25, 0.3) is 22.1 Å². The van der Waals surface area contributed by atoms with Crippen molar-refractivity contribution in [1.29, 1.82) is 0 Å². The van der Waals surface area contributed by atoms with Crippen LogP contribution in [0.5, 0.6) is 0 Å². The Labute approximate surface area is 116 Å². The van der Waals surface area contributed by atoms with E-state index in [1.165, 1.54) is 0 Å². The topological polar surface area (TPSA) is 77.7 Å². The van der Waals surface area contributed by atoms with E-state index >= 15 is 0 Å². The van der Waals surface area contributed by atoms with Gasteiger partial charge in [0.25, 0.3) is 0 Å². The predicted molar refractivity (Wildman–Crippen MR) is 76.4 cm³/mol. The molecule has 0 saturated carbocycles. The number of aryl methyl sites for hydroxylation is 3. The zero-order chi connectivity index (χ0) is 14.7. The average molecular weight is 290 g/mol. The lowest BCUT2D eigenvalue weighted by Crippen LogP contribution is -2.05. The zero-order valence-corrected chi connectivity index (χ0v) is 12.5. The number of sulfone groups is 1. The second-order valence-electron chi connectivity index (χ2n) is 5.00. The predicted octanol–water partition coefficient (Wildman–Crippen LogP) is 1.54. The summed E-state index contributed by atoms with van der Waals surface area (Å²) in [6.07, 6.45) is 2.81. The molecule has 0 radical (unpaired) electrons. The van der Waals surface area contributed by atoms with Gasteiger partial charge in [0.15, 0.2) is 0 Å². The number of hydrogen-bond acceptors (Lipinski definition) is 5. The van der Waals surface area contributed by atoms with Gasteiger partial charge in [-0.3, -0.25) is 4.98 Å². The molecule has 6 nitrogen and oxygen atoms in total. The molecule has 0 spiro atoms. The minimum atomic E-state index is -3.38. The largest absolute Gasteiger partial charge is 0.318 e. The van der Waals surface area contributed by atoms with Crippen molar-refractivity contribution in [2.45, 2.75) is 19.0 Å². The lowest BCUT2D eigenvalue weighted by atomic mass is 10.1. The molecule has 0 bridgehead atoms. The summed E-state index contributed by atoms with van der Waals surface area (Å²) < 4.78 is 25.1. The molecule has 0 fully saturated rings. The van der Waals surface area contributed by atoms with Crippen LogP contribution in [0.1, 0.15) is 11.3 Å². The minimum Gasteiger partial charge on any atom is -0.318 e. The van der Waals surface area contributed by atoms with Crippen LogP contribution in [-0.4, -0.2) is 34.2 Å². The summed E-state index contributed by atoms with van der Waals surface area (Å²) in [7, 11) is -1.69. The first-order valence-electron chi connectivity index (χ1n) is 6.08. The van der Waals surface area contributed by atoms with Crippen LogP contribution in [0, 0.1) is 13.8 Å². The smallest absolute Gasteiger partial charge is 0.228 e. The molecule has 20 heavy (non-hydrogen) atoms. The third-order valence-electron chi connectivity index (χ3n) is 3.27. The molecule has 0 saturated heterocycles. The Morgan fingerprint density at radius 1 is 1.10 bits per heavy atom. The highest BCUT2D eigenvalue weighted by molar-refractivity contribution is 7.90. The van der Waals surface area contributed by atoms with E-state index in [1.807, 2.05) is 19.9 Å². The summed E-state index contributed by atoms with van der Waals surface area (Å²) >= 11 is 0. The van der Waals surface area contributed by atoms with Gasteiger partial charge in [0.1, 0.15) is 11.0 Å². The number of benzene rings is 1. The molecular weight excluding hydrogens is 276 g/mol. The van der Waals surface area contributed by atoms with Gasteiger partial charge in [0, 0.05) is 19.5 Å². The van der Waals surface area contributed by atoms with Crippen molar-refractivity contribution >= 4 is 31.9 Å². The van der Waals surface area contributed by atoms with Crippen molar-refractivity contribution < 1.29 is 8.42 Å². The third-order valence-corrected chi connectivity index (χ3v) is 4.30. The lowest BCUT2D eigenvalue weighted by molar-refractivity contribution is 0.587. The first kappa shape index (κ1) is 13.0. The molecule has 2 aromatic heterocycles. The Morgan fingerprint density at radius 2 is 1.80 bits per heavy atom. The fourth-order valence-electron chi connectivity index (χ4n) is 2.36. The van der Waals surface area contributed by atoms with Crippen LogP contribution in [0.15, 0.2) is 17.4 Å². The van der Waals surface area contributed by atoms with Crippen LogP contribution in [0.3, 0.4) is 0 Å². The van der Waals surface area contributed by atoms with E-state index in [9.17, 15) is 8.42 Å². The average Bonchev–Trinajstić information content (AvgIpc) is 2.67. The van der Waals surface area contributed by atoms with E-state index in [0.29, 0.717) is 11.0 Å². The highest BCUT2D eigenvalue weighted by Gasteiger charge is 2.20. The number of imidazole rings is 1. The number of nitrogens with zero attached hydrogens (tertiary/aromatic N) is 4. The Morgan fingerprint density at radius 3 is 2.45 bits per heavy atom. The van der Waals surface area contributed by atoms with Crippen molar-refractivity contribution in [3.8, 4) is 0 Å². The highest BCUT2D eigenvalue weighted by Crippen LogP contribution is 2.27. The fraction of sp³-hybridized carbons (Fsp3) is 0.308. The van der Waals surface area contributed by atoms with Crippen molar-refractivity contribution in [1.82, 2.24) is 19.5 Å². The Bertz CT molecular complexity index is 958.